The molecule has 26 heavy (non-hydrogen) atoms. The van der Waals surface area contributed by atoms with Gasteiger partial charge >= 0.3 is 0 Å². The van der Waals surface area contributed by atoms with Crippen LogP contribution in [-0.2, 0) is 10.0 Å². The molecule has 1 amide bonds. The van der Waals surface area contributed by atoms with Crippen molar-refractivity contribution in [3.8, 4) is 0 Å². The smallest absolute Gasteiger partial charge is 0.261 e. The lowest BCUT2D eigenvalue weighted by molar-refractivity contribution is 0.0655. The molecule has 3 rings (SSSR count). The maximum absolute atomic E-state index is 13.7. The fraction of sp³-hybridized carbons (Fsp3) is 0.278. The average molecular weight is 377 g/mol. The second kappa shape index (κ2) is 7.43. The SMILES string of the molecule is C[C@@H]1CNCCN1C(=O)c1ccc(S(=O)(=O)Nc2ccccc2F)cc1. The molecule has 6 nitrogen and oxygen atoms in total. The molecule has 1 heterocycles. The van der Waals surface area contributed by atoms with Crippen molar-refractivity contribution in [2.75, 3.05) is 24.4 Å². The lowest BCUT2D eigenvalue weighted by Gasteiger charge is -2.34. The van der Waals surface area contributed by atoms with E-state index < -0.39 is 15.8 Å². The number of sulfonamides is 1. The number of rotatable bonds is 4. The van der Waals surface area contributed by atoms with Gasteiger partial charge in [0.15, 0.2) is 0 Å². The third-order valence-electron chi connectivity index (χ3n) is 4.29. The molecule has 1 aliphatic rings. The molecular weight excluding hydrogens is 357 g/mol. The highest BCUT2D eigenvalue weighted by Gasteiger charge is 2.24. The Morgan fingerprint density at radius 3 is 2.54 bits per heavy atom. The number of piperazine rings is 1. The average Bonchev–Trinajstić information content (AvgIpc) is 2.63. The van der Waals surface area contributed by atoms with Gasteiger partial charge in [0.05, 0.1) is 10.6 Å². The monoisotopic (exact) mass is 377 g/mol. The van der Waals surface area contributed by atoms with E-state index in [0.717, 1.165) is 13.1 Å². The third-order valence-corrected chi connectivity index (χ3v) is 5.67. The van der Waals surface area contributed by atoms with Crippen molar-refractivity contribution in [2.24, 2.45) is 0 Å². The summed E-state index contributed by atoms with van der Waals surface area (Å²) >= 11 is 0. The standard InChI is InChI=1S/C18H20FN3O3S/c1-13-12-20-10-11-22(13)18(23)14-6-8-15(9-7-14)26(24,25)21-17-5-3-2-4-16(17)19/h2-9,13,20-21H,10-12H2,1H3/t13-/m1/s1. The van der Waals surface area contributed by atoms with Gasteiger partial charge < -0.3 is 10.2 Å². The van der Waals surface area contributed by atoms with Crippen LogP contribution < -0.4 is 10.0 Å². The van der Waals surface area contributed by atoms with E-state index in [2.05, 4.69) is 10.0 Å². The van der Waals surface area contributed by atoms with Crippen molar-refractivity contribution < 1.29 is 17.6 Å². The summed E-state index contributed by atoms with van der Waals surface area (Å²) in [6.07, 6.45) is 0. The lowest BCUT2D eigenvalue weighted by atomic mass is 10.1. The molecule has 0 bridgehead atoms. The van der Waals surface area contributed by atoms with Crippen LogP contribution in [0.15, 0.2) is 53.4 Å². The van der Waals surface area contributed by atoms with E-state index in [1.807, 2.05) is 6.92 Å². The molecule has 1 fully saturated rings. The molecule has 0 aromatic heterocycles. The van der Waals surface area contributed by atoms with Crippen LogP contribution >= 0.6 is 0 Å². The van der Waals surface area contributed by atoms with Gasteiger partial charge in [-0.15, -0.1) is 0 Å². The molecule has 2 aromatic rings. The minimum atomic E-state index is -3.94. The van der Waals surface area contributed by atoms with E-state index in [-0.39, 0.29) is 22.5 Å². The Labute approximate surface area is 152 Å². The number of nitrogens with zero attached hydrogens (tertiary/aromatic N) is 1. The number of hydrogen-bond donors (Lipinski definition) is 2. The molecule has 2 N–H and O–H groups in total. The molecule has 0 radical (unpaired) electrons. The summed E-state index contributed by atoms with van der Waals surface area (Å²) in [6.45, 7) is 4.02. The van der Waals surface area contributed by atoms with Gasteiger partial charge in [0.2, 0.25) is 0 Å². The Balaban J connectivity index is 1.78. The van der Waals surface area contributed by atoms with E-state index in [9.17, 15) is 17.6 Å². The number of amides is 1. The van der Waals surface area contributed by atoms with Crippen LogP contribution in [0, 0.1) is 5.82 Å². The van der Waals surface area contributed by atoms with Crippen LogP contribution in [0.4, 0.5) is 10.1 Å². The van der Waals surface area contributed by atoms with Crippen molar-refractivity contribution in [3.05, 3.63) is 59.9 Å². The molecule has 0 spiro atoms. The highest BCUT2D eigenvalue weighted by molar-refractivity contribution is 7.92. The number of halogens is 1. The zero-order chi connectivity index (χ0) is 18.7. The van der Waals surface area contributed by atoms with E-state index in [0.29, 0.717) is 12.1 Å². The first-order valence-corrected chi connectivity index (χ1v) is 9.76. The lowest BCUT2D eigenvalue weighted by Crippen LogP contribution is -2.52. The van der Waals surface area contributed by atoms with Gasteiger partial charge in [0, 0.05) is 31.2 Å². The molecule has 2 aromatic carbocycles. The number of anilines is 1. The molecule has 1 aliphatic heterocycles. The van der Waals surface area contributed by atoms with Crippen molar-refractivity contribution in [2.45, 2.75) is 17.9 Å². The van der Waals surface area contributed by atoms with E-state index >= 15 is 0 Å². The van der Waals surface area contributed by atoms with Gasteiger partial charge in [-0.2, -0.15) is 0 Å². The van der Waals surface area contributed by atoms with Crippen LogP contribution in [0.25, 0.3) is 0 Å². The number of benzene rings is 2. The van der Waals surface area contributed by atoms with Gasteiger partial charge in [0.25, 0.3) is 15.9 Å². The second-order valence-corrected chi connectivity index (χ2v) is 7.84. The number of nitrogens with one attached hydrogen (secondary N) is 2. The molecule has 0 saturated carbocycles. The summed E-state index contributed by atoms with van der Waals surface area (Å²) in [6, 6.07) is 11.3. The minimum Gasteiger partial charge on any atom is -0.333 e. The Kier molecular flexibility index (Phi) is 5.24. The zero-order valence-corrected chi connectivity index (χ0v) is 15.1. The van der Waals surface area contributed by atoms with E-state index in [4.69, 9.17) is 0 Å². The normalized spacial score (nSPS) is 17.8. The van der Waals surface area contributed by atoms with Crippen LogP contribution in [0.5, 0.6) is 0 Å². The number of carbonyl (C=O) groups excluding carboxylic acids is 1. The van der Waals surface area contributed by atoms with E-state index in [1.54, 1.807) is 4.90 Å². The fourth-order valence-electron chi connectivity index (χ4n) is 2.83. The zero-order valence-electron chi connectivity index (χ0n) is 14.3. The predicted octanol–water partition coefficient (Wildman–Crippen LogP) is 2.06. The number of carbonyl (C=O) groups is 1. The van der Waals surface area contributed by atoms with Crippen LogP contribution in [0.2, 0.25) is 0 Å². The van der Waals surface area contributed by atoms with Gasteiger partial charge in [-0.3, -0.25) is 9.52 Å². The summed E-state index contributed by atoms with van der Waals surface area (Å²) in [5.41, 5.74) is 0.297. The second-order valence-electron chi connectivity index (χ2n) is 6.16. The Hall–Kier alpha value is -2.45. The third kappa shape index (κ3) is 3.86. The van der Waals surface area contributed by atoms with Crippen LogP contribution in [0.3, 0.4) is 0 Å². The van der Waals surface area contributed by atoms with Crippen molar-refractivity contribution in [1.29, 1.82) is 0 Å². The molecule has 0 aliphatic carbocycles. The topological polar surface area (TPSA) is 78.5 Å². The maximum Gasteiger partial charge on any atom is 0.261 e. The summed E-state index contributed by atoms with van der Waals surface area (Å²) in [5, 5.41) is 3.22. The quantitative estimate of drug-likeness (QED) is 0.855. The van der Waals surface area contributed by atoms with Crippen LogP contribution in [-0.4, -0.2) is 44.9 Å². The van der Waals surface area contributed by atoms with Gasteiger partial charge in [0.1, 0.15) is 5.82 Å². The molecule has 138 valence electrons. The fourth-order valence-corrected chi connectivity index (χ4v) is 3.90. The highest BCUT2D eigenvalue weighted by atomic mass is 32.2. The molecular formula is C18H20FN3O3S. The van der Waals surface area contributed by atoms with Crippen molar-refractivity contribution in [3.63, 3.8) is 0 Å². The highest BCUT2D eigenvalue weighted by Crippen LogP contribution is 2.20. The maximum atomic E-state index is 13.7. The molecule has 0 unspecified atom stereocenters. The first kappa shape index (κ1) is 18.3. The predicted molar refractivity (Wildman–Crippen MR) is 97.0 cm³/mol. The largest absolute Gasteiger partial charge is 0.333 e. The van der Waals surface area contributed by atoms with Crippen molar-refractivity contribution >= 4 is 21.6 Å². The van der Waals surface area contributed by atoms with Crippen molar-refractivity contribution in [1.82, 2.24) is 10.2 Å². The Morgan fingerprint density at radius 1 is 1.19 bits per heavy atom. The first-order valence-electron chi connectivity index (χ1n) is 8.27. The first-order chi connectivity index (χ1) is 12.4. The Morgan fingerprint density at radius 2 is 1.88 bits per heavy atom. The van der Waals surface area contributed by atoms with Gasteiger partial charge in [-0.1, -0.05) is 12.1 Å². The minimum absolute atomic E-state index is 0.0364. The van der Waals surface area contributed by atoms with Gasteiger partial charge in [-0.25, -0.2) is 12.8 Å². The van der Waals surface area contributed by atoms with Gasteiger partial charge in [-0.05, 0) is 43.3 Å². The summed E-state index contributed by atoms with van der Waals surface area (Å²) in [5.74, 6) is -0.791. The van der Waals surface area contributed by atoms with E-state index in [1.165, 1.54) is 48.5 Å². The number of hydrogen-bond acceptors (Lipinski definition) is 4. The summed E-state index contributed by atoms with van der Waals surface area (Å²) in [7, 11) is -3.94. The Bertz CT molecular complexity index is 900. The summed E-state index contributed by atoms with van der Waals surface area (Å²) in [4.78, 5) is 14.3. The number of para-hydroxylation sites is 1. The molecule has 1 atom stereocenters. The molecule has 1 saturated heterocycles. The van der Waals surface area contributed by atoms with Crippen LogP contribution in [0.1, 0.15) is 17.3 Å². The summed E-state index contributed by atoms with van der Waals surface area (Å²) < 4.78 is 40.7. The molecule has 8 heteroatoms.